The molecule has 10 aromatic rings. The zero-order valence-corrected chi connectivity index (χ0v) is 60.5. The SMILES string of the molecule is N=C(CO)N1CCCCC1.NC(=NOC(=O)[C@H](CC(=O)NC(c1ccccc1)(c1ccccc1)c1ccccc1)NC(=O)OCC1c2ccccc2-c2ccccc21)N1CCCCC1.O=C(C[C@H](NC(=O)OCC1c2ccccc2-c2ccccc21)C(=O)O)NC(c1ccccc1)(c1ccccc1)c1ccccc1. The molecule has 0 aromatic heterocycles. The van der Waals surface area contributed by atoms with Gasteiger partial charge in [-0.3, -0.25) is 15.0 Å². The highest BCUT2D eigenvalue weighted by molar-refractivity contribution is 5.91. The van der Waals surface area contributed by atoms with Crippen molar-refractivity contribution in [3.8, 4) is 22.3 Å². The second kappa shape index (κ2) is 36.5. The number of hydrogen-bond acceptors (Lipinski definition) is 12. The quantitative estimate of drug-likeness (QED) is 0.0103. The third-order valence-corrected chi connectivity index (χ3v) is 20.3. The van der Waals surface area contributed by atoms with Crippen molar-refractivity contribution in [2.24, 2.45) is 10.9 Å². The van der Waals surface area contributed by atoms with Gasteiger partial charge in [0, 0.05) is 38.0 Å². The van der Waals surface area contributed by atoms with Crippen LogP contribution in [0.2, 0.25) is 0 Å². The number of piperidine rings is 2. The topological polar surface area (TPSA) is 287 Å². The number of nitrogens with one attached hydrogen (secondary N) is 5. The fourth-order valence-corrected chi connectivity index (χ4v) is 15.0. The Labute approximate surface area is 634 Å². The number of fused-ring (bicyclic) bond motifs is 6. The first kappa shape index (κ1) is 76.0. The maximum Gasteiger partial charge on any atom is 0.407 e. The molecule has 0 radical (unpaired) electrons. The lowest BCUT2D eigenvalue weighted by atomic mass is 9.77. The average molecular weight is 1460 g/mol. The Kier molecular flexibility index (Phi) is 25.5. The summed E-state index contributed by atoms with van der Waals surface area (Å²) in [7, 11) is 0. The Morgan fingerprint density at radius 3 is 1.02 bits per heavy atom. The van der Waals surface area contributed by atoms with Crippen LogP contribution in [-0.2, 0) is 44.6 Å². The molecule has 20 nitrogen and oxygen atoms in total. The molecule has 2 fully saturated rings. The minimum absolute atomic E-state index is 0.0209. The molecule has 2 aliphatic carbocycles. The number of carboxylic acids is 1. The van der Waals surface area contributed by atoms with E-state index in [1.807, 2.05) is 277 Å². The molecule has 4 aliphatic rings. The lowest BCUT2D eigenvalue weighted by Gasteiger charge is -2.37. The summed E-state index contributed by atoms with van der Waals surface area (Å²) in [5, 5.41) is 41.2. The minimum atomic E-state index is -1.51. The zero-order chi connectivity index (χ0) is 76.0. The molecule has 109 heavy (non-hydrogen) atoms. The van der Waals surface area contributed by atoms with Gasteiger partial charge in [0.1, 0.15) is 48.8 Å². The second-order valence-corrected chi connectivity index (χ2v) is 27.1. The van der Waals surface area contributed by atoms with Crippen molar-refractivity contribution in [2.45, 2.75) is 86.4 Å². The fraction of sp³-hybridized carbons (Fsp3) is 0.236. The van der Waals surface area contributed by atoms with Gasteiger partial charge in [-0.25, -0.2) is 19.2 Å². The molecule has 9 N–H and O–H groups in total. The number of ether oxygens (including phenoxy) is 2. The number of likely N-dealkylation sites (tertiary alicyclic amines) is 2. The van der Waals surface area contributed by atoms with Gasteiger partial charge in [-0.2, -0.15) is 0 Å². The minimum Gasteiger partial charge on any atom is -0.480 e. The first-order chi connectivity index (χ1) is 53.2. The van der Waals surface area contributed by atoms with E-state index in [0.717, 1.165) is 110 Å². The lowest BCUT2D eigenvalue weighted by molar-refractivity contribution is -0.147. The van der Waals surface area contributed by atoms with Crippen LogP contribution in [0.4, 0.5) is 9.59 Å². The number of guanidine groups is 1. The van der Waals surface area contributed by atoms with Crippen molar-refractivity contribution in [1.29, 1.82) is 5.41 Å². The van der Waals surface area contributed by atoms with Crippen molar-refractivity contribution in [1.82, 2.24) is 31.1 Å². The number of amides is 4. The van der Waals surface area contributed by atoms with Crippen LogP contribution in [0.1, 0.15) is 119 Å². The Morgan fingerprint density at radius 1 is 0.422 bits per heavy atom. The molecule has 2 saturated heterocycles. The standard InChI is InChI=1S/C44H43N5O5.C38H32N2O5.C7H14N2O/c45-42(49-27-15-4-16-28-49)48-54-41(51)39(46-43(52)53-30-38-36-25-13-11-23-34(36)35-24-12-14-26-37(35)38)29-40(50)47-44(31-17-5-1-6-18-31,32-19-7-2-8-20-32)33-21-9-3-10-22-33;41-35(40-38(26-14-4-1-5-15-26,27-16-6-2-7-17-27)28-18-8-3-9-19-28)24-34(36(42)43)39-37(44)45-25-33-31-22-12-10-20-29(31)30-21-11-13-23-32(30)33;8-7(6-10)9-4-2-1-3-5-9/h1-3,5-14,17-26,38-39H,4,15-16,27-30H2,(H2,45,48)(H,46,52)(H,47,50);1-23,33-34H,24-25H2,(H,39,44)(H,40,41)(H,42,43);8,10H,1-6H2/t39-;34-;/m00./s1. The number of alkyl carbamates (subject to hydrolysis) is 2. The van der Waals surface area contributed by atoms with E-state index in [-0.39, 0.29) is 37.6 Å². The van der Waals surface area contributed by atoms with Gasteiger partial charge in [0.25, 0.3) is 0 Å². The fourth-order valence-electron chi connectivity index (χ4n) is 15.0. The normalized spacial score (nSPS) is 14.3. The Morgan fingerprint density at radius 2 is 0.706 bits per heavy atom. The van der Waals surface area contributed by atoms with Gasteiger partial charge in [-0.05, 0) is 122 Å². The number of benzene rings is 10. The Balaban J connectivity index is 0.000000182. The summed E-state index contributed by atoms with van der Waals surface area (Å²) in [5.41, 5.74) is 17.2. The van der Waals surface area contributed by atoms with Crippen molar-refractivity contribution >= 4 is 47.7 Å². The Hall–Kier alpha value is -12.7. The molecule has 2 aliphatic heterocycles. The molecule has 0 unspecified atom stereocenters. The Bertz CT molecular complexity index is 4490. The molecular weight excluding hydrogens is 1370 g/mol. The van der Waals surface area contributed by atoms with Gasteiger partial charge in [0.2, 0.25) is 17.8 Å². The lowest BCUT2D eigenvalue weighted by Crippen LogP contribution is -2.51. The first-order valence-corrected chi connectivity index (χ1v) is 36.9. The second-order valence-electron chi connectivity index (χ2n) is 27.1. The van der Waals surface area contributed by atoms with Crippen molar-refractivity contribution in [3.05, 3.63) is 335 Å². The van der Waals surface area contributed by atoms with Gasteiger partial charge < -0.3 is 61.3 Å². The molecule has 0 bridgehead atoms. The summed E-state index contributed by atoms with van der Waals surface area (Å²) < 4.78 is 11.3. The maximum absolute atomic E-state index is 14.3. The molecule has 0 spiro atoms. The van der Waals surface area contributed by atoms with Gasteiger partial charge in [0.05, 0.1) is 12.8 Å². The van der Waals surface area contributed by atoms with E-state index in [9.17, 15) is 33.9 Å². The van der Waals surface area contributed by atoms with Crippen LogP contribution >= 0.6 is 0 Å². The number of hydrogen-bond donors (Lipinski definition) is 8. The largest absolute Gasteiger partial charge is 0.480 e. The van der Waals surface area contributed by atoms with E-state index in [1.165, 1.54) is 19.3 Å². The zero-order valence-electron chi connectivity index (χ0n) is 60.5. The molecule has 10 aromatic carbocycles. The molecule has 2 heterocycles. The van der Waals surface area contributed by atoms with Crippen LogP contribution in [0.25, 0.3) is 22.3 Å². The highest BCUT2D eigenvalue weighted by atomic mass is 16.7. The predicted octanol–water partition coefficient (Wildman–Crippen LogP) is 13.6. The summed E-state index contributed by atoms with van der Waals surface area (Å²) in [6.45, 7) is 3.23. The molecule has 556 valence electrons. The molecular formula is C89H89N9O11. The van der Waals surface area contributed by atoms with Crippen LogP contribution in [-0.4, -0.2) is 126 Å². The summed E-state index contributed by atoms with van der Waals surface area (Å²) in [5.74, 6) is -3.33. The summed E-state index contributed by atoms with van der Waals surface area (Å²) >= 11 is 0. The third-order valence-electron chi connectivity index (χ3n) is 20.3. The summed E-state index contributed by atoms with van der Waals surface area (Å²) in [6.07, 6.45) is 3.83. The number of oxime groups is 1. The van der Waals surface area contributed by atoms with E-state index >= 15 is 0 Å². The molecule has 0 saturated carbocycles. The van der Waals surface area contributed by atoms with Crippen LogP contribution in [0.5, 0.6) is 0 Å². The van der Waals surface area contributed by atoms with Gasteiger partial charge in [0.15, 0.2) is 0 Å². The molecule has 14 rings (SSSR count). The molecule has 20 heteroatoms. The number of carboxylic acid groups (broad SMARTS) is 1. The van der Waals surface area contributed by atoms with Gasteiger partial charge in [-0.1, -0.05) is 279 Å². The van der Waals surface area contributed by atoms with Gasteiger partial charge in [-0.15, -0.1) is 0 Å². The number of aliphatic hydroxyl groups is 1. The van der Waals surface area contributed by atoms with Crippen molar-refractivity contribution < 1.29 is 53.3 Å². The smallest absolute Gasteiger partial charge is 0.407 e. The number of carbonyl (C=O) groups is 6. The predicted molar refractivity (Wildman–Crippen MR) is 419 cm³/mol. The van der Waals surface area contributed by atoms with E-state index < -0.39 is 71.9 Å². The number of amidine groups is 1. The highest BCUT2D eigenvalue weighted by Gasteiger charge is 2.42. The van der Waals surface area contributed by atoms with Gasteiger partial charge >= 0.3 is 24.1 Å². The van der Waals surface area contributed by atoms with Crippen LogP contribution in [0, 0.1) is 5.41 Å². The third kappa shape index (κ3) is 18.1. The molecule has 4 amide bonds. The molecule has 2 atom stereocenters. The number of nitrogens with two attached hydrogens (primary N) is 1. The van der Waals surface area contributed by atoms with Crippen LogP contribution in [0.15, 0.2) is 284 Å². The monoisotopic (exact) mass is 1460 g/mol. The van der Waals surface area contributed by atoms with Crippen LogP contribution in [0.3, 0.4) is 0 Å². The van der Waals surface area contributed by atoms with Crippen molar-refractivity contribution in [2.75, 3.05) is 46.0 Å². The number of rotatable bonds is 22. The van der Waals surface area contributed by atoms with E-state index in [2.05, 4.69) is 38.6 Å². The van der Waals surface area contributed by atoms with E-state index in [4.69, 9.17) is 30.6 Å². The number of carbonyl (C=O) groups excluding carboxylic acids is 5. The summed E-state index contributed by atoms with van der Waals surface area (Å²) in [6, 6.07) is 86.3. The van der Waals surface area contributed by atoms with E-state index in [1.54, 1.807) is 0 Å². The van der Waals surface area contributed by atoms with Crippen LogP contribution < -0.4 is 27.0 Å². The highest BCUT2D eigenvalue weighted by Crippen LogP contribution is 2.46. The van der Waals surface area contributed by atoms with E-state index in [0.29, 0.717) is 18.9 Å². The average Bonchev–Trinajstić information content (AvgIpc) is 1.02. The van der Waals surface area contributed by atoms with Crippen molar-refractivity contribution in [3.63, 3.8) is 0 Å². The number of nitrogens with zero attached hydrogens (tertiary/aromatic N) is 3. The number of aliphatic carboxylic acids is 1. The summed E-state index contributed by atoms with van der Waals surface area (Å²) in [4.78, 5) is 89.6. The first-order valence-electron chi connectivity index (χ1n) is 36.9. The number of aliphatic hydroxyl groups excluding tert-OH is 1. The maximum atomic E-state index is 14.3.